The number of anilines is 2. The molecule has 2 fully saturated rings. The number of nitrogens with zero attached hydrogens (tertiary/aromatic N) is 7. The van der Waals surface area contributed by atoms with Crippen LogP contribution in [0.1, 0.15) is 19.2 Å². The van der Waals surface area contributed by atoms with Crippen molar-refractivity contribution in [1.29, 1.82) is 0 Å². The van der Waals surface area contributed by atoms with Crippen molar-refractivity contribution in [1.82, 2.24) is 24.4 Å². The van der Waals surface area contributed by atoms with Crippen molar-refractivity contribution in [2.45, 2.75) is 19.4 Å². The van der Waals surface area contributed by atoms with Gasteiger partial charge in [-0.3, -0.25) is 9.36 Å². The molecule has 1 aromatic carbocycles. The zero-order chi connectivity index (χ0) is 24.5. The molecule has 0 bridgehead atoms. The zero-order valence-corrected chi connectivity index (χ0v) is 19.5. The van der Waals surface area contributed by atoms with E-state index in [2.05, 4.69) is 9.88 Å². The minimum absolute atomic E-state index is 0.0270. The summed E-state index contributed by atoms with van der Waals surface area (Å²) in [5.74, 6) is 0.895. The predicted molar refractivity (Wildman–Crippen MR) is 127 cm³/mol. The van der Waals surface area contributed by atoms with Crippen LogP contribution in [0.25, 0.3) is 17.0 Å². The van der Waals surface area contributed by atoms with E-state index in [0.29, 0.717) is 68.6 Å². The van der Waals surface area contributed by atoms with Gasteiger partial charge in [0.25, 0.3) is 6.43 Å². The van der Waals surface area contributed by atoms with E-state index in [-0.39, 0.29) is 24.4 Å². The lowest BCUT2D eigenvalue weighted by molar-refractivity contribution is -0.129. The Hall–Kier alpha value is -3.38. The molecule has 0 unspecified atom stereocenters. The number of morpholine rings is 1. The minimum atomic E-state index is -2.80. The van der Waals surface area contributed by atoms with Gasteiger partial charge in [0.2, 0.25) is 11.9 Å². The highest BCUT2D eigenvalue weighted by Gasteiger charge is 2.28. The van der Waals surface area contributed by atoms with Gasteiger partial charge in [-0.25, -0.2) is 13.8 Å². The van der Waals surface area contributed by atoms with Gasteiger partial charge in [0.15, 0.2) is 5.82 Å². The number of nitrogens with two attached hydrogens (primary N) is 1. The number of carbonyl (C=O) groups is 1. The third kappa shape index (κ3) is 4.50. The Morgan fingerprint density at radius 3 is 2.57 bits per heavy atom. The van der Waals surface area contributed by atoms with E-state index in [1.807, 2.05) is 17.9 Å². The number of carbonyl (C=O) groups excluding carboxylic acids is 1. The number of aromatic nitrogens is 4. The molecule has 2 aromatic heterocycles. The monoisotopic (exact) mass is 486 g/mol. The Bertz CT molecular complexity index is 1210. The first-order valence-electron chi connectivity index (χ1n) is 11.7. The van der Waals surface area contributed by atoms with Crippen LogP contribution in [-0.4, -0.2) is 88.9 Å². The van der Waals surface area contributed by atoms with E-state index in [4.69, 9.17) is 20.4 Å². The molecular formula is C23H28F2N8O2. The summed E-state index contributed by atoms with van der Waals surface area (Å²) in [5.41, 5.74) is 6.48. The highest BCUT2D eigenvalue weighted by molar-refractivity contribution is 5.79. The fourth-order valence-electron chi connectivity index (χ4n) is 4.60. The molecule has 0 spiro atoms. The molecular weight excluding hydrogens is 458 g/mol. The van der Waals surface area contributed by atoms with Gasteiger partial charge in [0, 0.05) is 38.8 Å². The maximum atomic E-state index is 14.1. The van der Waals surface area contributed by atoms with Crippen molar-refractivity contribution >= 4 is 28.6 Å². The predicted octanol–water partition coefficient (Wildman–Crippen LogP) is 1.59. The molecule has 0 radical (unpaired) electrons. The molecule has 186 valence electrons. The van der Waals surface area contributed by atoms with Crippen LogP contribution < -0.4 is 15.5 Å². The second-order valence-electron chi connectivity index (χ2n) is 8.67. The van der Waals surface area contributed by atoms with E-state index in [1.165, 1.54) is 4.57 Å². The number of rotatable bonds is 5. The summed E-state index contributed by atoms with van der Waals surface area (Å²) in [4.78, 5) is 31.5. The minimum Gasteiger partial charge on any atom is -0.377 e. The number of amides is 1. The lowest BCUT2D eigenvalue weighted by atomic mass is 10.2. The summed E-state index contributed by atoms with van der Waals surface area (Å²) in [6.45, 7) is 5.85. The molecule has 12 heteroatoms. The normalized spacial score (nSPS) is 19.1. The number of fused-ring (bicyclic) bond motifs is 1. The highest BCUT2D eigenvalue weighted by Crippen LogP contribution is 2.30. The molecule has 0 aliphatic carbocycles. The fourth-order valence-corrected chi connectivity index (χ4v) is 4.60. The van der Waals surface area contributed by atoms with Gasteiger partial charge in [-0.1, -0.05) is 12.1 Å². The Morgan fingerprint density at radius 1 is 1.11 bits per heavy atom. The second-order valence-corrected chi connectivity index (χ2v) is 8.67. The van der Waals surface area contributed by atoms with Crippen LogP contribution in [0.5, 0.6) is 0 Å². The third-order valence-corrected chi connectivity index (χ3v) is 6.46. The molecule has 4 heterocycles. The Morgan fingerprint density at radius 2 is 1.86 bits per heavy atom. The molecule has 1 amide bonds. The first-order valence-corrected chi connectivity index (χ1v) is 11.7. The molecule has 5 rings (SSSR count). The average Bonchev–Trinajstić information content (AvgIpc) is 3.28. The number of benzene rings is 1. The van der Waals surface area contributed by atoms with Gasteiger partial charge in [-0.15, -0.1) is 0 Å². The van der Waals surface area contributed by atoms with E-state index < -0.39 is 12.2 Å². The van der Waals surface area contributed by atoms with Crippen molar-refractivity contribution in [3.8, 4) is 5.95 Å². The summed E-state index contributed by atoms with van der Waals surface area (Å²) in [6, 6.07) is 8.91. The highest BCUT2D eigenvalue weighted by atomic mass is 19.3. The number of hydrogen-bond donors (Lipinski definition) is 1. The van der Waals surface area contributed by atoms with Crippen LogP contribution in [0.4, 0.5) is 20.4 Å². The maximum Gasteiger partial charge on any atom is 0.296 e. The van der Waals surface area contributed by atoms with Gasteiger partial charge in [-0.05, 0) is 19.1 Å². The summed E-state index contributed by atoms with van der Waals surface area (Å²) in [7, 11) is 0. The van der Waals surface area contributed by atoms with E-state index in [1.54, 1.807) is 29.2 Å². The van der Waals surface area contributed by atoms with Crippen LogP contribution >= 0.6 is 0 Å². The van der Waals surface area contributed by atoms with Crippen LogP contribution in [-0.2, 0) is 9.53 Å². The van der Waals surface area contributed by atoms with Crippen molar-refractivity contribution in [3.05, 3.63) is 36.2 Å². The topological polar surface area (TPSA) is 106 Å². The van der Waals surface area contributed by atoms with Crippen LogP contribution in [0.2, 0.25) is 0 Å². The van der Waals surface area contributed by atoms with E-state index in [9.17, 15) is 13.6 Å². The first kappa shape index (κ1) is 23.4. The molecule has 1 atom stereocenters. The van der Waals surface area contributed by atoms with Gasteiger partial charge < -0.3 is 25.2 Å². The zero-order valence-electron chi connectivity index (χ0n) is 19.5. The van der Waals surface area contributed by atoms with E-state index in [0.717, 1.165) is 0 Å². The first-order chi connectivity index (χ1) is 17.0. The van der Waals surface area contributed by atoms with Crippen molar-refractivity contribution in [2.24, 2.45) is 5.73 Å². The number of piperazine rings is 1. The van der Waals surface area contributed by atoms with Gasteiger partial charge in [0.05, 0.1) is 36.8 Å². The summed E-state index contributed by atoms with van der Waals surface area (Å²) in [5, 5.41) is 0. The average molecular weight is 487 g/mol. The molecule has 2 aliphatic heterocycles. The molecule has 2 aliphatic rings. The smallest absolute Gasteiger partial charge is 0.296 e. The second kappa shape index (κ2) is 9.70. The number of halogens is 2. The van der Waals surface area contributed by atoms with Gasteiger partial charge >= 0.3 is 0 Å². The summed E-state index contributed by atoms with van der Waals surface area (Å²) in [6.07, 6.45) is -2.80. The molecule has 0 saturated carbocycles. The quantitative estimate of drug-likeness (QED) is 0.580. The van der Waals surface area contributed by atoms with Gasteiger partial charge in [-0.2, -0.15) is 9.97 Å². The molecule has 2 N–H and O–H groups in total. The number of para-hydroxylation sites is 2. The van der Waals surface area contributed by atoms with Crippen LogP contribution in [0.15, 0.2) is 30.3 Å². The molecule has 3 aromatic rings. The summed E-state index contributed by atoms with van der Waals surface area (Å²) >= 11 is 0. The van der Waals surface area contributed by atoms with Gasteiger partial charge in [0.1, 0.15) is 11.6 Å². The Balaban J connectivity index is 1.60. The Kier molecular flexibility index (Phi) is 6.48. The SMILES string of the molecule is C[C@H]1COCCN1c1cc(N2CCN(C(=O)CN)CC2)nc(-n2c(C(F)F)nc3ccccc32)n1. The van der Waals surface area contributed by atoms with Crippen LogP contribution in [0.3, 0.4) is 0 Å². The number of hydrogen-bond acceptors (Lipinski definition) is 8. The molecule has 2 saturated heterocycles. The number of alkyl halides is 2. The third-order valence-electron chi connectivity index (χ3n) is 6.46. The lowest BCUT2D eigenvalue weighted by Gasteiger charge is -2.37. The maximum absolute atomic E-state index is 14.1. The largest absolute Gasteiger partial charge is 0.377 e. The van der Waals surface area contributed by atoms with E-state index >= 15 is 0 Å². The van der Waals surface area contributed by atoms with Crippen molar-refractivity contribution in [2.75, 3.05) is 62.3 Å². The molecule has 35 heavy (non-hydrogen) atoms. The number of ether oxygens (including phenoxy) is 1. The number of imidazole rings is 1. The van der Waals surface area contributed by atoms with Crippen LogP contribution in [0, 0.1) is 0 Å². The fraction of sp³-hybridized carbons (Fsp3) is 0.478. The van der Waals surface area contributed by atoms with Crippen molar-refractivity contribution in [3.63, 3.8) is 0 Å². The molecule has 10 nitrogen and oxygen atoms in total. The Labute approximate surface area is 201 Å². The summed E-state index contributed by atoms with van der Waals surface area (Å²) < 4.78 is 35.0. The standard InChI is InChI=1S/C23H28F2N8O2/c1-15-14-35-11-10-32(15)19-12-18(30-6-8-31(9-7-30)20(34)13-26)28-23(29-19)33-17-5-3-2-4-16(17)27-22(33)21(24)25/h2-5,12,15,21H,6-11,13-14,26H2,1H3/t15-/m0/s1. The van der Waals surface area contributed by atoms with Crippen molar-refractivity contribution < 1.29 is 18.3 Å². The lowest BCUT2D eigenvalue weighted by Crippen LogP contribution is -2.50.